The summed E-state index contributed by atoms with van der Waals surface area (Å²) < 4.78 is 16.7. The molecule has 0 saturated carbocycles. The average molecular weight is 407 g/mol. The molecule has 3 aromatic heterocycles. The van der Waals surface area contributed by atoms with Crippen molar-refractivity contribution in [3.63, 3.8) is 0 Å². The summed E-state index contributed by atoms with van der Waals surface area (Å²) in [6.45, 7) is 6.21. The lowest BCUT2D eigenvalue weighted by Crippen LogP contribution is -2.21. The second kappa shape index (κ2) is 8.94. The van der Waals surface area contributed by atoms with Crippen LogP contribution >= 0.6 is 0 Å². The van der Waals surface area contributed by atoms with Crippen molar-refractivity contribution < 1.29 is 14.2 Å². The molecule has 8 heteroatoms. The normalized spacial score (nSPS) is 14.6. The lowest BCUT2D eigenvalue weighted by molar-refractivity contribution is 0.161. The maximum Gasteiger partial charge on any atom is 0.257 e. The Kier molecular flexibility index (Phi) is 5.92. The molecule has 2 atom stereocenters. The first-order valence-electron chi connectivity index (χ1n) is 9.95. The molecule has 0 aromatic carbocycles. The Morgan fingerprint density at radius 1 is 1.10 bits per heavy atom. The highest BCUT2D eigenvalue weighted by Gasteiger charge is 2.24. The number of nitrogens with zero attached hydrogens (tertiary/aromatic N) is 4. The Labute approximate surface area is 175 Å². The topological polar surface area (TPSA) is 91.3 Å². The lowest BCUT2D eigenvalue weighted by Gasteiger charge is -2.26. The van der Waals surface area contributed by atoms with Gasteiger partial charge in [-0.05, 0) is 24.0 Å². The van der Waals surface area contributed by atoms with Crippen molar-refractivity contribution >= 4 is 5.82 Å². The van der Waals surface area contributed by atoms with Crippen LogP contribution in [-0.2, 0) is 0 Å². The number of rotatable bonds is 7. The molecule has 4 heterocycles. The van der Waals surface area contributed by atoms with Crippen molar-refractivity contribution in [3.05, 3.63) is 48.7 Å². The van der Waals surface area contributed by atoms with Crippen molar-refractivity contribution in [1.82, 2.24) is 19.9 Å². The number of hydrogen-bond donors (Lipinski definition) is 1. The third-order valence-electron chi connectivity index (χ3n) is 5.33. The molecule has 0 aliphatic carbocycles. The Balaban J connectivity index is 1.45. The van der Waals surface area contributed by atoms with E-state index in [-0.39, 0.29) is 5.92 Å². The first-order valence-corrected chi connectivity index (χ1v) is 9.95. The van der Waals surface area contributed by atoms with Gasteiger partial charge in [0.05, 0.1) is 19.0 Å². The Morgan fingerprint density at radius 2 is 1.97 bits per heavy atom. The smallest absolute Gasteiger partial charge is 0.257 e. The highest BCUT2D eigenvalue weighted by atomic mass is 16.6. The molecule has 1 unspecified atom stereocenters. The van der Waals surface area contributed by atoms with Crippen LogP contribution in [0.15, 0.2) is 43.1 Å². The van der Waals surface area contributed by atoms with Gasteiger partial charge in [0.1, 0.15) is 31.1 Å². The van der Waals surface area contributed by atoms with Crippen LogP contribution in [0.25, 0.3) is 11.3 Å². The molecule has 0 fully saturated rings. The van der Waals surface area contributed by atoms with Gasteiger partial charge >= 0.3 is 0 Å². The van der Waals surface area contributed by atoms with Crippen molar-refractivity contribution in [2.24, 2.45) is 5.92 Å². The number of anilines is 1. The van der Waals surface area contributed by atoms with E-state index in [1.807, 2.05) is 18.2 Å². The van der Waals surface area contributed by atoms with Gasteiger partial charge in [0.2, 0.25) is 0 Å². The second-order valence-corrected chi connectivity index (χ2v) is 7.28. The van der Waals surface area contributed by atoms with Crippen molar-refractivity contribution in [2.45, 2.75) is 19.8 Å². The van der Waals surface area contributed by atoms with Gasteiger partial charge in [-0.3, -0.25) is 4.98 Å². The lowest BCUT2D eigenvalue weighted by atomic mass is 9.88. The number of methoxy groups -OCH3 is 1. The highest BCUT2D eigenvalue weighted by Crippen LogP contribution is 2.38. The van der Waals surface area contributed by atoms with E-state index in [1.54, 1.807) is 32.0 Å². The Hall–Kier alpha value is -3.42. The summed E-state index contributed by atoms with van der Waals surface area (Å²) in [5.41, 5.74) is 2.77. The zero-order valence-corrected chi connectivity index (χ0v) is 17.3. The summed E-state index contributed by atoms with van der Waals surface area (Å²) in [4.78, 5) is 17.2. The third-order valence-corrected chi connectivity index (χ3v) is 5.33. The molecule has 3 aromatic rings. The molecule has 8 nitrogen and oxygen atoms in total. The maximum atomic E-state index is 5.83. The standard InChI is InChI=1S/C22H25N5O3/c1-14(15(2)18-4-5-24-22-21(18)29-6-7-30-22)10-25-20-9-19(26-13-27-20)16-8-17(28-3)12-23-11-16/h4-5,8-9,11-15H,6-7,10H2,1-3H3,(H,25,26,27)/t14-,15?/m1/s1. The van der Waals surface area contributed by atoms with Crippen LogP contribution in [0, 0.1) is 5.92 Å². The van der Waals surface area contributed by atoms with Crippen LogP contribution in [0.5, 0.6) is 17.4 Å². The summed E-state index contributed by atoms with van der Waals surface area (Å²) in [6.07, 6.45) is 6.75. The Bertz CT molecular complexity index is 1010. The predicted octanol–water partition coefficient (Wildman–Crippen LogP) is 3.57. The minimum absolute atomic E-state index is 0.250. The molecule has 4 rings (SSSR count). The molecule has 1 N–H and O–H groups in total. The molecular weight excluding hydrogens is 382 g/mol. The van der Waals surface area contributed by atoms with Gasteiger partial charge in [-0.25, -0.2) is 15.0 Å². The number of aromatic nitrogens is 4. The quantitative estimate of drug-likeness (QED) is 0.636. The van der Waals surface area contributed by atoms with E-state index < -0.39 is 0 Å². The third kappa shape index (κ3) is 4.27. The van der Waals surface area contributed by atoms with Crippen molar-refractivity contribution in [1.29, 1.82) is 0 Å². The first-order chi connectivity index (χ1) is 14.7. The van der Waals surface area contributed by atoms with E-state index in [0.717, 1.165) is 34.9 Å². The number of pyridine rings is 2. The van der Waals surface area contributed by atoms with Gasteiger partial charge in [-0.15, -0.1) is 0 Å². The van der Waals surface area contributed by atoms with E-state index in [0.29, 0.717) is 30.8 Å². The van der Waals surface area contributed by atoms with Crippen LogP contribution in [0.3, 0.4) is 0 Å². The molecular formula is C22H25N5O3. The van der Waals surface area contributed by atoms with Crippen molar-refractivity contribution in [2.75, 3.05) is 32.2 Å². The average Bonchev–Trinajstić information content (AvgIpc) is 2.82. The molecule has 0 saturated heterocycles. The van der Waals surface area contributed by atoms with Crippen LogP contribution in [0.4, 0.5) is 5.82 Å². The summed E-state index contributed by atoms with van der Waals surface area (Å²) in [6, 6.07) is 5.82. The van der Waals surface area contributed by atoms with Crippen LogP contribution in [0.2, 0.25) is 0 Å². The molecule has 0 bridgehead atoms. The molecule has 1 aliphatic rings. The summed E-state index contributed by atoms with van der Waals surface area (Å²) >= 11 is 0. The fourth-order valence-electron chi connectivity index (χ4n) is 3.36. The number of hydrogen-bond acceptors (Lipinski definition) is 8. The van der Waals surface area contributed by atoms with Gasteiger partial charge < -0.3 is 19.5 Å². The van der Waals surface area contributed by atoms with E-state index in [2.05, 4.69) is 39.1 Å². The molecule has 156 valence electrons. The van der Waals surface area contributed by atoms with Gasteiger partial charge in [-0.1, -0.05) is 13.8 Å². The Morgan fingerprint density at radius 3 is 2.83 bits per heavy atom. The zero-order chi connectivity index (χ0) is 20.9. The number of ether oxygens (including phenoxy) is 3. The second-order valence-electron chi connectivity index (χ2n) is 7.28. The highest BCUT2D eigenvalue weighted by molar-refractivity contribution is 5.62. The molecule has 0 amide bonds. The molecule has 1 aliphatic heterocycles. The van der Waals surface area contributed by atoms with Gasteiger partial charge in [0.15, 0.2) is 5.75 Å². The summed E-state index contributed by atoms with van der Waals surface area (Å²) in [7, 11) is 1.62. The summed E-state index contributed by atoms with van der Waals surface area (Å²) in [5.74, 6) is 3.36. The van der Waals surface area contributed by atoms with Gasteiger partial charge in [0.25, 0.3) is 5.88 Å². The number of fused-ring (bicyclic) bond motifs is 1. The monoisotopic (exact) mass is 407 g/mol. The molecule has 0 spiro atoms. The molecule has 30 heavy (non-hydrogen) atoms. The SMILES string of the molecule is COc1cncc(-c2cc(NC[C@@H](C)C(C)c3ccnc4c3OCCO4)ncn2)c1. The maximum absolute atomic E-state index is 5.83. The van der Waals surface area contributed by atoms with E-state index >= 15 is 0 Å². The predicted molar refractivity (Wildman–Crippen MR) is 113 cm³/mol. The largest absolute Gasteiger partial charge is 0.495 e. The van der Waals surface area contributed by atoms with Crippen LogP contribution in [-0.4, -0.2) is 46.8 Å². The van der Waals surface area contributed by atoms with Crippen LogP contribution in [0.1, 0.15) is 25.3 Å². The fourth-order valence-corrected chi connectivity index (χ4v) is 3.36. The molecule has 0 radical (unpaired) electrons. The van der Waals surface area contributed by atoms with Crippen LogP contribution < -0.4 is 19.5 Å². The minimum Gasteiger partial charge on any atom is -0.495 e. The fraction of sp³-hybridized carbons (Fsp3) is 0.364. The van der Waals surface area contributed by atoms with E-state index in [4.69, 9.17) is 14.2 Å². The van der Waals surface area contributed by atoms with Gasteiger partial charge in [0, 0.05) is 36.1 Å². The first kappa shape index (κ1) is 19.9. The van der Waals surface area contributed by atoms with Crippen molar-refractivity contribution in [3.8, 4) is 28.6 Å². The zero-order valence-electron chi connectivity index (χ0n) is 17.3. The van der Waals surface area contributed by atoms with E-state index in [9.17, 15) is 0 Å². The minimum atomic E-state index is 0.250. The number of nitrogens with one attached hydrogen (secondary N) is 1. The van der Waals surface area contributed by atoms with E-state index in [1.165, 1.54) is 0 Å². The van der Waals surface area contributed by atoms with Gasteiger partial charge in [-0.2, -0.15) is 0 Å². The summed E-state index contributed by atoms with van der Waals surface area (Å²) in [5, 5.41) is 3.42.